The maximum Gasteiger partial charge on any atom is 0.295 e. The van der Waals surface area contributed by atoms with Crippen molar-refractivity contribution in [1.82, 2.24) is 0 Å². The molecular formula is C8H9FN2O2. The second kappa shape index (κ2) is 3.84. The number of halogens is 1. The number of nitrogens with zero attached hydrogens (tertiary/aromatic N) is 1. The molecule has 0 aliphatic rings. The van der Waals surface area contributed by atoms with Crippen molar-refractivity contribution in [2.45, 2.75) is 6.92 Å². The molecule has 1 N–H and O–H groups in total. The van der Waals surface area contributed by atoms with Crippen LogP contribution in [0.3, 0.4) is 0 Å². The first-order chi connectivity index (χ1) is 6.15. The Hall–Kier alpha value is -1.65. The first-order valence-corrected chi connectivity index (χ1v) is 3.83. The second-order valence-corrected chi connectivity index (χ2v) is 2.45. The van der Waals surface area contributed by atoms with Crippen LogP contribution < -0.4 is 5.32 Å². The van der Waals surface area contributed by atoms with Gasteiger partial charge in [0.05, 0.1) is 11.0 Å². The van der Waals surface area contributed by atoms with E-state index in [1.807, 2.05) is 6.92 Å². The van der Waals surface area contributed by atoms with Gasteiger partial charge in [-0.1, -0.05) is 0 Å². The Morgan fingerprint density at radius 3 is 2.85 bits per heavy atom. The number of benzene rings is 1. The minimum atomic E-state index is -0.610. The van der Waals surface area contributed by atoms with Gasteiger partial charge in [0.25, 0.3) is 5.69 Å². The number of nitro groups is 1. The van der Waals surface area contributed by atoms with Crippen molar-refractivity contribution in [3.8, 4) is 0 Å². The molecule has 70 valence electrons. The first-order valence-electron chi connectivity index (χ1n) is 3.83. The molecule has 4 nitrogen and oxygen atoms in total. The molecule has 5 heteroatoms. The van der Waals surface area contributed by atoms with Gasteiger partial charge in [0.1, 0.15) is 11.5 Å². The van der Waals surface area contributed by atoms with E-state index in [0.29, 0.717) is 12.2 Å². The average molecular weight is 184 g/mol. The molecule has 0 heterocycles. The van der Waals surface area contributed by atoms with E-state index in [2.05, 4.69) is 5.32 Å². The van der Waals surface area contributed by atoms with Crippen molar-refractivity contribution >= 4 is 11.4 Å². The van der Waals surface area contributed by atoms with Gasteiger partial charge in [-0.15, -0.1) is 0 Å². The summed E-state index contributed by atoms with van der Waals surface area (Å²) in [6, 6.07) is 3.44. The molecule has 0 aliphatic heterocycles. The molecule has 0 saturated carbocycles. The Labute approximate surface area is 74.5 Å². The number of rotatable bonds is 3. The van der Waals surface area contributed by atoms with Gasteiger partial charge in [-0.05, 0) is 19.1 Å². The molecule has 0 amide bonds. The van der Waals surface area contributed by atoms with Gasteiger partial charge in [0.15, 0.2) is 0 Å². The van der Waals surface area contributed by atoms with Crippen LogP contribution in [-0.2, 0) is 0 Å². The summed E-state index contributed by atoms with van der Waals surface area (Å²) in [6.07, 6.45) is 0. The molecule has 1 rings (SSSR count). The lowest BCUT2D eigenvalue weighted by Gasteiger charge is -2.03. The van der Waals surface area contributed by atoms with E-state index in [1.165, 1.54) is 12.1 Å². The van der Waals surface area contributed by atoms with E-state index in [0.717, 1.165) is 6.07 Å². The van der Waals surface area contributed by atoms with Crippen LogP contribution in [0.25, 0.3) is 0 Å². The van der Waals surface area contributed by atoms with Crippen LogP contribution in [0, 0.1) is 15.9 Å². The Morgan fingerprint density at radius 2 is 2.31 bits per heavy atom. The summed E-state index contributed by atoms with van der Waals surface area (Å²) in [5.41, 5.74) is 0.107. The highest BCUT2D eigenvalue weighted by atomic mass is 19.1. The number of nitrogens with one attached hydrogen (secondary N) is 1. The minimum absolute atomic E-state index is 0.234. The minimum Gasteiger partial charge on any atom is -0.380 e. The monoisotopic (exact) mass is 184 g/mol. The van der Waals surface area contributed by atoms with E-state index in [4.69, 9.17) is 0 Å². The SMILES string of the molecule is CCNc1ccc(F)cc1[N+](=O)[O-]. The molecule has 0 unspecified atom stereocenters. The standard InChI is InChI=1S/C8H9FN2O2/c1-2-10-7-4-3-6(9)5-8(7)11(12)13/h3-5,10H,2H2,1H3. The van der Waals surface area contributed by atoms with Crippen molar-refractivity contribution < 1.29 is 9.31 Å². The summed E-state index contributed by atoms with van der Waals surface area (Å²) in [5, 5.41) is 13.2. The Morgan fingerprint density at radius 1 is 1.62 bits per heavy atom. The number of anilines is 1. The molecule has 0 saturated heterocycles. The highest BCUT2D eigenvalue weighted by molar-refractivity contribution is 5.61. The van der Waals surface area contributed by atoms with Crippen LogP contribution in [0.4, 0.5) is 15.8 Å². The first kappa shape index (κ1) is 9.44. The fourth-order valence-electron chi connectivity index (χ4n) is 0.996. The normalized spacial score (nSPS) is 9.69. The van der Waals surface area contributed by atoms with Crippen molar-refractivity contribution in [3.63, 3.8) is 0 Å². The van der Waals surface area contributed by atoms with Gasteiger partial charge in [0, 0.05) is 6.54 Å². The van der Waals surface area contributed by atoms with E-state index in [9.17, 15) is 14.5 Å². The molecule has 0 atom stereocenters. The van der Waals surface area contributed by atoms with E-state index in [-0.39, 0.29) is 5.69 Å². The second-order valence-electron chi connectivity index (χ2n) is 2.45. The summed E-state index contributed by atoms with van der Waals surface area (Å²) in [6.45, 7) is 2.37. The molecule has 1 aromatic carbocycles. The van der Waals surface area contributed by atoms with Crippen LogP contribution in [0.15, 0.2) is 18.2 Å². The van der Waals surface area contributed by atoms with Gasteiger partial charge >= 0.3 is 0 Å². The molecule has 0 aliphatic carbocycles. The van der Waals surface area contributed by atoms with Gasteiger partial charge in [-0.2, -0.15) is 0 Å². The van der Waals surface area contributed by atoms with Crippen molar-refractivity contribution in [3.05, 3.63) is 34.1 Å². The van der Waals surface area contributed by atoms with E-state index in [1.54, 1.807) is 0 Å². The molecule has 0 spiro atoms. The lowest BCUT2D eigenvalue weighted by Crippen LogP contribution is -2.01. The van der Waals surface area contributed by atoms with Crippen molar-refractivity contribution in [1.29, 1.82) is 0 Å². The maximum atomic E-state index is 12.6. The Bertz CT molecular complexity index is 328. The van der Waals surface area contributed by atoms with E-state index < -0.39 is 10.7 Å². The van der Waals surface area contributed by atoms with Crippen molar-refractivity contribution in [2.75, 3.05) is 11.9 Å². The zero-order valence-corrected chi connectivity index (χ0v) is 7.08. The molecule has 0 bridgehead atoms. The van der Waals surface area contributed by atoms with Crippen LogP contribution in [-0.4, -0.2) is 11.5 Å². The zero-order valence-electron chi connectivity index (χ0n) is 7.08. The molecule has 0 radical (unpaired) electrons. The number of nitro benzene ring substituents is 1. The van der Waals surface area contributed by atoms with Crippen LogP contribution in [0.2, 0.25) is 0 Å². The average Bonchev–Trinajstić information content (AvgIpc) is 2.08. The van der Waals surface area contributed by atoms with Gasteiger partial charge in [-0.3, -0.25) is 10.1 Å². The molecule has 0 fully saturated rings. The summed E-state index contributed by atoms with van der Waals surface area (Å²) < 4.78 is 12.6. The molecular weight excluding hydrogens is 175 g/mol. The van der Waals surface area contributed by atoms with E-state index >= 15 is 0 Å². The maximum absolute atomic E-state index is 12.6. The van der Waals surface area contributed by atoms with Gasteiger partial charge in [0.2, 0.25) is 0 Å². The lowest BCUT2D eigenvalue weighted by molar-refractivity contribution is -0.384. The third kappa shape index (κ3) is 2.14. The fraction of sp³-hybridized carbons (Fsp3) is 0.250. The highest BCUT2D eigenvalue weighted by Gasteiger charge is 2.13. The zero-order chi connectivity index (χ0) is 9.84. The van der Waals surface area contributed by atoms with Gasteiger partial charge in [-0.25, -0.2) is 4.39 Å². The molecule has 1 aromatic rings. The summed E-state index contributed by atoms with van der Waals surface area (Å²) in [5.74, 6) is -0.603. The summed E-state index contributed by atoms with van der Waals surface area (Å²) >= 11 is 0. The Kier molecular flexibility index (Phi) is 2.79. The summed E-state index contributed by atoms with van der Waals surface area (Å²) in [4.78, 5) is 9.84. The Balaban J connectivity index is 3.10. The van der Waals surface area contributed by atoms with Crippen LogP contribution in [0.1, 0.15) is 6.92 Å². The predicted molar refractivity (Wildman–Crippen MR) is 47.2 cm³/mol. The lowest BCUT2D eigenvalue weighted by atomic mass is 10.2. The third-order valence-electron chi connectivity index (χ3n) is 1.52. The molecule has 13 heavy (non-hydrogen) atoms. The van der Waals surface area contributed by atoms with Crippen molar-refractivity contribution in [2.24, 2.45) is 0 Å². The number of hydrogen-bond acceptors (Lipinski definition) is 3. The number of hydrogen-bond donors (Lipinski definition) is 1. The topological polar surface area (TPSA) is 55.2 Å². The fourth-order valence-corrected chi connectivity index (χ4v) is 0.996. The van der Waals surface area contributed by atoms with Crippen LogP contribution >= 0.6 is 0 Å². The largest absolute Gasteiger partial charge is 0.380 e. The highest BCUT2D eigenvalue weighted by Crippen LogP contribution is 2.24. The van der Waals surface area contributed by atoms with Crippen LogP contribution in [0.5, 0.6) is 0 Å². The smallest absolute Gasteiger partial charge is 0.295 e. The quantitative estimate of drug-likeness (QED) is 0.578. The third-order valence-corrected chi connectivity index (χ3v) is 1.52. The summed E-state index contributed by atoms with van der Waals surface area (Å²) in [7, 11) is 0. The van der Waals surface area contributed by atoms with Gasteiger partial charge < -0.3 is 5.32 Å². The predicted octanol–water partition coefficient (Wildman–Crippen LogP) is 2.17. The molecule has 0 aromatic heterocycles.